The van der Waals surface area contributed by atoms with Gasteiger partial charge in [0.25, 0.3) is 5.56 Å². The van der Waals surface area contributed by atoms with Gasteiger partial charge >= 0.3 is 0 Å². The molecule has 5 nitrogen and oxygen atoms in total. The standard InChI is InChI=1S/C11H18IN3O2/c1-8(6-17-3)13-4-5-15-7-14-9(2)10(12)11(15)16/h7-8,13H,4-6H2,1-3H3. The van der Waals surface area contributed by atoms with Crippen molar-refractivity contribution in [2.24, 2.45) is 0 Å². The zero-order chi connectivity index (χ0) is 12.8. The van der Waals surface area contributed by atoms with Gasteiger partial charge in [-0.3, -0.25) is 9.36 Å². The van der Waals surface area contributed by atoms with Crippen LogP contribution in [0.25, 0.3) is 0 Å². The van der Waals surface area contributed by atoms with Gasteiger partial charge in [0.2, 0.25) is 0 Å². The summed E-state index contributed by atoms with van der Waals surface area (Å²) in [6, 6.07) is 0.285. The molecule has 0 saturated carbocycles. The van der Waals surface area contributed by atoms with Crippen molar-refractivity contribution in [3.05, 3.63) is 25.9 Å². The fraction of sp³-hybridized carbons (Fsp3) is 0.636. The molecule has 96 valence electrons. The third-order valence-corrected chi connectivity index (χ3v) is 3.66. The molecule has 1 rings (SSSR count). The minimum Gasteiger partial charge on any atom is -0.383 e. The zero-order valence-electron chi connectivity index (χ0n) is 10.4. The molecule has 1 atom stereocenters. The van der Waals surface area contributed by atoms with Crippen LogP contribution in [-0.2, 0) is 11.3 Å². The Morgan fingerprint density at radius 1 is 1.65 bits per heavy atom. The highest BCUT2D eigenvalue weighted by Crippen LogP contribution is 2.00. The van der Waals surface area contributed by atoms with E-state index >= 15 is 0 Å². The van der Waals surface area contributed by atoms with Crippen LogP contribution in [0.15, 0.2) is 11.1 Å². The highest BCUT2D eigenvalue weighted by atomic mass is 127. The van der Waals surface area contributed by atoms with Crippen molar-refractivity contribution in [2.75, 3.05) is 20.3 Å². The van der Waals surface area contributed by atoms with Gasteiger partial charge in [-0.05, 0) is 36.4 Å². The van der Waals surface area contributed by atoms with E-state index in [0.717, 1.165) is 12.2 Å². The van der Waals surface area contributed by atoms with E-state index < -0.39 is 0 Å². The highest BCUT2D eigenvalue weighted by molar-refractivity contribution is 14.1. The largest absolute Gasteiger partial charge is 0.383 e. The van der Waals surface area contributed by atoms with Gasteiger partial charge < -0.3 is 10.1 Å². The minimum atomic E-state index is 0.0271. The molecule has 0 amide bonds. The van der Waals surface area contributed by atoms with E-state index in [1.807, 2.05) is 36.4 Å². The third-order valence-electron chi connectivity index (χ3n) is 2.42. The summed E-state index contributed by atoms with van der Waals surface area (Å²) in [5.41, 5.74) is 0.812. The Kier molecular flexibility index (Phi) is 6.07. The molecule has 0 aliphatic carbocycles. The highest BCUT2D eigenvalue weighted by Gasteiger charge is 2.05. The van der Waals surface area contributed by atoms with Gasteiger partial charge in [0.05, 0.1) is 22.2 Å². The molecule has 0 aliphatic rings. The molecule has 0 fully saturated rings. The van der Waals surface area contributed by atoms with E-state index in [2.05, 4.69) is 10.3 Å². The molecule has 0 aliphatic heterocycles. The lowest BCUT2D eigenvalue weighted by Gasteiger charge is -2.13. The summed E-state index contributed by atoms with van der Waals surface area (Å²) in [5.74, 6) is 0. The Bertz CT molecular complexity index is 420. The molecule has 0 bridgehead atoms. The van der Waals surface area contributed by atoms with Crippen LogP contribution >= 0.6 is 22.6 Å². The number of rotatable bonds is 6. The van der Waals surface area contributed by atoms with E-state index in [-0.39, 0.29) is 11.6 Å². The first kappa shape index (κ1) is 14.6. The van der Waals surface area contributed by atoms with Crippen LogP contribution in [0.4, 0.5) is 0 Å². The first-order valence-electron chi connectivity index (χ1n) is 5.50. The Balaban J connectivity index is 2.53. The minimum absolute atomic E-state index is 0.0271. The first-order chi connectivity index (χ1) is 8.06. The molecule has 0 spiro atoms. The Morgan fingerprint density at radius 2 is 2.35 bits per heavy atom. The fourth-order valence-electron chi connectivity index (χ4n) is 1.45. The van der Waals surface area contributed by atoms with Crippen molar-refractivity contribution in [1.29, 1.82) is 0 Å². The lowest BCUT2D eigenvalue weighted by Crippen LogP contribution is -2.35. The summed E-state index contributed by atoms with van der Waals surface area (Å²) in [7, 11) is 1.68. The summed E-state index contributed by atoms with van der Waals surface area (Å²) in [5, 5.41) is 3.28. The summed E-state index contributed by atoms with van der Waals surface area (Å²) in [6.45, 7) is 5.90. The molecule has 1 aromatic heterocycles. The second-order valence-electron chi connectivity index (χ2n) is 3.95. The first-order valence-corrected chi connectivity index (χ1v) is 6.58. The molecule has 6 heteroatoms. The second kappa shape index (κ2) is 7.07. The van der Waals surface area contributed by atoms with Gasteiger partial charge in [-0.15, -0.1) is 0 Å². The Labute approximate surface area is 115 Å². The van der Waals surface area contributed by atoms with E-state index in [0.29, 0.717) is 16.7 Å². The van der Waals surface area contributed by atoms with Crippen molar-refractivity contribution < 1.29 is 4.74 Å². The van der Waals surface area contributed by atoms with Crippen molar-refractivity contribution in [3.8, 4) is 0 Å². The molecule has 0 aromatic carbocycles. The van der Waals surface area contributed by atoms with Crippen LogP contribution in [0.2, 0.25) is 0 Å². The number of aromatic nitrogens is 2. The van der Waals surface area contributed by atoms with Gasteiger partial charge in [0.15, 0.2) is 0 Å². The molecule has 0 saturated heterocycles. The SMILES string of the molecule is COCC(C)NCCn1cnc(C)c(I)c1=O. The number of hydrogen-bond acceptors (Lipinski definition) is 4. The summed E-state index contributed by atoms with van der Waals surface area (Å²) < 4.78 is 7.34. The summed E-state index contributed by atoms with van der Waals surface area (Å²) >= 11 is 2.04. The molecule has 1 unspecified atom stereocenters. The third kappa shape index (κ3) is 4.36. The maximum atomic E-state index is 11.9. The van der Waals surface area contributed by atoms with Crippen LogP contribution in [0.5, 0.6) is 0 Å². The van der Waals surface area contributed by atoms with E-state index in [4.69, 9.17) is 4.74 Å². The topological polar surface area (TPSA) is 56.1 Å². The van der Waals surface area contributed by atoms with Crippen molar-refractivity contribution in [3.63, 3.8) is 0 Å². The predicted octanol–water partition coefficient (Wildman–Crippen LogP) is 0.781. The normalized spacial score (nSPS) is 12.7. The lowest BCUT2D eigenvalue weighted by atomic mass is 10.3. The van der Waals surface area contributed by atoms with E-state index in [1.54, 1.807) is 18.0 Å². The predicted molar refractivity (Wildman–Crippen MR) is 75.3 cm³/mol. The van der Waals surface area contributed by atoms with Crippen LogP contribution in [0.1, 0.15) is 12.6 Å². The maximum Gasteiger partial charge on any atom is 0.267 e. The number of nitrogens with one attached hydrogen (secondary N) is 1. The fourth-order valence-corrected chi connectivity index (χ4v) is 1.89. The molecule has 0 radical (unpaired) electrons. The zero-order valence-corrected chi connectivity index (χ0v) is 12.5. The lowest BCUT2D eigenvalue weighted by molar-refractivity contribution is 0.172. The monoisotopic (exact) mass is 351 g/mol. The quantitative estimate of drug-likeness (QED) is 0.770. The van der Waals surface area contributed by atoms with Gasteiger partial charge in [-0.25, -0.2) is 4.98 Å². The number of aryl methyl sites for hydroxylation is 1. The smallest absolute Gasteiger partial charge is 0.267 e. The number of ether oxygens (including phenoxy) is 1. The van der Waals surface area contributed by atoms with E-state index in [1.165, 1.54) is 0 Å². The number of nitrogens with zero attached hydrogens (tertiary/aromatic N) is 2. The Morgan fingerprint density at radius 3 is 3.00 bits per heavy atom. The van der Waals surface area contributed by atoms with Gasteiger partial charge in [-0.2, -0.15) is 0 Å². The molecule has 1 aromatic rings. The summed E-state index contributed by atoms with van der Waals surface area (Å²) in [4.78, 5) is 16.0. The maximum absolute atomic E-state index is 11.9. The van der Waals surface area contributed by atoms with Crippen molar-refractivity contribution in [1.82, 2.24) is 14.9 Å². The van der Waals surface area contributed by atoms with Crippen LogP contribution in [0, 0.1) is 10.5 Å². The van der Waals surface area contributed by atoms with E-state index in [9.17, 15) is 4.79 Å². The van der Waals surface area contributed by atoms with Crippen LogP contribution in [0.3, 0.4) is 0 Å². The average Bonchev–Trinajstić information content (AvgIpc) is 2.29. The molecular weight excluding hydrogens is 333 g/mol. The molecule has 17 heavy (non-hydrogen) atoms. The molecule has 1 N–H and O–H groups in total. The van der Waals surface area contributed by atoms with Gasteiger partial charge in [0.1, 0.15) is 0 Å². The molecule has 1 heterocycles. The number of methoxy groups -OCH3 is 1. The average molecular weight is 351 g/mol. The summed E-state index contributed by atoms with van der Waals surface area (Å²) in [6.07, 6.45) is 1.60. The number of hydrogen-bond donors (Lipinski definition) is 1. The Hall–Kier alpha value is -0.470. The van der Waals surface area contributed by atoms with Crippen LogP contribution in [-0.4, -0.2) is 35.9 Å². The van der Waals surface area contributed by atoms with Gasteiger partial charge in [-0.1, -0.05) is 0 Å². The molecular formula is C11H18IN3O2. The number of halogens is 1. The van der Waals surface area contributed by atoms with Gasteiger partial charge in [0, 0.05) is 26.2 Å². The second-order valence-corrected chi connectivity index (χ2v) is 5.03. The van der Waals surface area contributed by atoms with Crippen LogP contribution < -0.4 is 10.9 Å². The van der Waals surface area contributed by atoms with Crippen molar-refractivity contribution in [2.45, 2.75) is 26.4 Å². The van der Waals surface area contributed by atoms with Crippen molar-refractivity contribution >= 4 is 22.6 Å².